The average molecular weight is 544 g/mol. The van der Waals surface area contributed by atoms with Crippen LogP contribution < -0.4 is 5.32 Å². The second kappa shape index (κ2) is 8.86. The number of aliphatic hydroxyl groups excluding tert-OH is 2. The van der Waals surface area contributed by atoms with E-state index in [0.717, 1.165) is 10.9 Å². The number of carbonyl (C=O) groups excluding carboxylic acids is 3. The zero-order valence-electron chi connectivity index (χ0n) is 21.5. The molecule has 11 nitrogen and oxygen atoms in total. The first-order chi connectivity index (χ1) is 19.3. The number of hydrogen-bond acceptors (Lipinski definition) is 8. The monoisotopic (exact) mass is 543 g/mol. The number of H-pyrrole nitrogens is 1. The Labute approximate surface area is 226 Å². The van der Waals surface area contributed by atoms with Crippen LogP contribution in [0.5, 0.6) is 0 Å². The molecule has 5 atom stereocenters. The number of nitrogens with one attached hydrogen (secondary N) is 2. The standard InChI is InChI=1S/C29H25N3O8/c1-12(34)39-26-24(35)25(38-2)17(11-33)40-29(26)32-16-10-6-4-8-14(16)19-21-20(27(36)31-28(21)37)18-13-7-3-5-9-15(13)30-22(18)23(19)32/h3-10,17,24-26,29-30,33,35H,11H2,1-2H3,(H,31,36,37)/t17-,24+,25-,26-,29-/m1/s1. The van der Waals surface area contributed by atoms with Crippen molar-refractivity contribution in [3.05, 3.63) is 59.7 Å². The summed E-state index contributed by atoms with van der Waals surface area (Å²) in [6.45, 7) is 0.762. The van der Waals surface area contributed by atoms with Gasteiger partial charge in [-0.2, -0.15) is 0 Å². The van der Waals surface area contributed by atoms with Crippen LogP contribution in [0.1, 0.15) is 33.9 Å². The Morgan fingerprint density at radius 2 is 1.68 bits per heavy atom. The van der Waals surface area contributed by atoms with Gasteiger partial charge in [-0.3, -0.25) is 19.7 Å². The molecule has 40 heavy (non-hydrogen) atoms. The summed E-state index contributed by atoms with van der Waals surface area (Å²) in [5.74, 6) is -1.65. The molecule has 2 aliphatic rings. The van der Waals surface area contributed by atoms with Crippen LogP contribution in [0.3, 0.4) is 0 Å². The van der Waals surface area contributed by atoms with Gasteiger partial charge in [0.15, 0.2) is 12.3 Å². The van der Waals surface area contributed by atoms with Gasteiger partial charge < -0.3 is 34.0 Å². The Hall–Kier alpha value is -4.29. The van der Waals surface area contributed by atoms with E-state index in [1.807, 2.05) is 48.5 Å². The Morgan fingerprint density at radius 3 is 2.38 bits per heavy atom. The van der Waals surface area contributed by atoms with Crippen molar-refractivity contribution >= 4 is 61.4 Å². The van der Waals surface area contributed by atoms with E-state index in [-0.39, 0.29) is 11.1 Å². The van der Waals surface area contributed by atoms with Crippen molar-refractivity contribution in [1.82, 2.24) is 14.9 Å². The fourth-order valence-electron chi connectivity index (χ4n) is 6.41. The molecule has 204 valence electrons. The minimum absolute atomic E-state index is 0.237. The number of rotatable bonds is 4. The van der Waals surface area contributed by atoms with Crippen molar-refractivity contribution in [3.8, 4) is 0 Å². The average Bonchev–Trinajstić information content (AvgIpc) is 3.58. The van der Waals surface area contributed by atoms with Crippen molar-refractivity contribution < 1.29 is 38.8 Å². The van der Waals surface area contributed by atoms with E-state index in [0.29, 0.717) is 32.7 Å². The molecule has 4 N–H and O–H groups in total. The third-order valence-electron chi connectivity index (χ3n) is 7.93. The second-order valence-corrected chi connectivity index (χ2v) is 10.1. The van der Waals surface area contributed by atoms with Crippen LogP contribution in [0.15, 0.2) is 48.5 Å². The topological polar surface area (TPSA) is 152 Å². The normalized spacial score (nSPS) is 24.8. The molecular formula is C29H25N3O8. The van der Waals surface area contributed by atoms with Gasteiger partial charge in [-0.05, 0) is 12.1 Å². The molecular weight excluding hydrogens is 518 g/mol. The number of aromatic amines is 1. The van der Waals surface area contributed by atoms with Crippen LogP contribution in [-0.4, -0.2) is 75.7 Å². The van der Waals surface area contributed by atoms with Gasteiger partial charge in [0.2, 0.25) is 0 Å². The number of ether oxygens (including phenoxy) is 3. The zero-order valence-corrected chi connectivity index (χ0v) is 21.5. The summed E-state index contributed by atoms with van der Waals surface area (Å²) in [5.41, 5.74) is 2.98. The maximum Gasteiger partial charge on any atom is 0.303 e. The maximum atomic E-state index is 13.3. The number of fused-ring (bicyclic) bond motifs is 10. The van der Waals surface area contributed by atoms with Gasteiger partial charge in [-0.25, -0.2) is 0 Å². The molecule has 0 radical (unpaired) electrons. The number of hydrogen-bond donors (Lipinski definition) is 4. The third-order valence-corrected chi connectivity index (χ3v) is 7.93. The summed E-state index contributed by atoms with van der Waals surface area (Å²) in [4.78, 5) is 42.1. The number of para-hydroxylation sites is 2. The molecule has 0 aliphatic carbocycles. The SMILES string of the molecule is CO[C@H]1[C@H](O)[C@@H](OC(C)=O)[C@H](n2c3ccccc3c3c4c(c5c6ccccc6[nH]c5c32)C(=O)NC4=O)O[C@@H]1CO. The van der Waals surface area contributed by atoms with Gasteiger partial charge in [-0.15, -0.1) is 0 Å². The summed E-state index contributed by atoms with van der Waals surface area (Å²) < 4.78 is 19.2. The molecule has 2 amide bonds. The molecule has 4 heterocycles. The van der Waals surface area contributed by atoms with Crippen molar-refractivity contribution in [1.29, 1.82) is 0 Å². The van der Waals surface area contributed by atoms with Gasteiger partial charge in [0.25, 0.3) is 11.8 Å². The Bertz CT molecular complexity index is 1890. The number of esters is 1. The van der Waals surface area contributed by atoms with Crippen LogP contribution >= 0.6 is 0 Å². The summed E-state index contributed by atoms with van der Waals surface area (Å²) in [6.07, 6.45) is -5.63. The number of nitrogens with zero attached hydrogens (tertiary/aromatic N) is 1. The van der Waals surface area contributed by atoms with E-state index < -0.39 is 55.0 Å². The van der Waals surface area contributed by atoms with E-state index in [1.54, 1.807) is 4.57 Å². The fourth-order valence-corrected chi connectivity index (χ4v) is 6.41. The van der Waals surface area contributed by atoms with Crippen molar-refractivity contribution in [2.45, 2.75) is 37.6 Å². The number of imide groups is 1. The van der Waals surface area contributed by atoms with Crippen LogP contribution in [0, 0.1) is 0 Å². The molecule has 1 fully saturated rings. The minimum atomic E-state index is -1.35. The number of aliphatic hydroxyl groups is 2. The van der Waals surface area contributed by atoms with Crippen LogP contribution in [0.2, 0.25) is 0 Å². The number of benzene rings is 3. The molecule has 0 saturated carbocycles. The summed E-state index contributed by atoms with van der Waals surface area (Å²) in [5, 5.41) is 26.4. The number of amides is 2. The third kappa shape index (κ3) is 3.23. The maximum absolute atomic E-state index is 13.3. The zero-order chi connectivity index (χ0) is 27.9. The highest BCUT2D eigenvalue weighted by Crippen LogP contribution is 2.46. The van der Waals surface area contributed by atoms with Crippen LogP contribution in [0.25, 0.3) is 43.6 Å². The lowest BCUT2D eigenvalue weighted by molar-refractivity contribution is -0.261. The highest BCUT2D eigenvalue weighted by atomic mass is 16.6. The Morgan fingerprint density at radius 1 is 1.00 bits per heavy atom. The number of methoxy groups -OCH3 is 1. The van der Waals surface area contributed by atoms with Gasteiger partial charge in [0.05, 0.1) is 34.3 Å². The second-order valence-electron chi connectivity index (χ2n) is 10.1. The van der Waals surface area contributed by atoms with Crippen LogP contribution in [0.4, 0.5) is 0 Å². The van der Waals surface area contributed by atoms with E-state index in [1.165, 1.54) is 14.0 Å². The Kier molecular flexibility index (Phi) is 5.48. The molecule has 7 rings (SSSR count). The quantitative estimate of drug-likeness (QED) is 0.199. The van der Waals surface area contributed by atoms with E-state index in [4.69, 9.17) is 14.2 Å². The molecule has 3 aromatic carbocycles. The fraction of sp³-hybridized carbons (Fsp3) is 0.276. The summed E-state index contributed by atoms with van der Waals surface area (Å²) >= 11 is 0. The first-order valence-corrected chi connectivity index (χ1v) is 12.8. The lowest BCUT2D eigenvalue weighted by atomic mass is 9.96. The summed E-state index contributed by atoms with van der Waals surface area (Å²) in [7, 11) is 1.37. The lowest BCUT2D eigenvalue weighted by Crippen LogP contribution is -2.58. The van der Waals surface area contributed by atoms with Gasteiger partial charge in [0, 0.05) is 41.1 Å². The number of aromatic nitrogens is 2. The van der Waals surface area contributed by atoms with E-state index in [9.17, 15) is 24.6 Å². The molecule has 5 aromatic rings. The molecule has 0 bridgehead atoms. The first-order valence-electron chi connectivity index (χ1n) is 12.8. The lowest BCUT2D eigenvalue weighted by Gasteiger charge is -2.43. The van der Waals surface area contributed by atoms with Gasteiger partial charge in [0.1, 0.15) is 18.3 Å². The largest absolute Gasteiger partial charge is 0.455 e. The van der Waals surface area contributed by atoms with Gasteiger partial charge in [-0.1, -0.05) is 36.4 Å². The Balaban J connectivity index is 1.66. The molecule has 2 aromatic heterocycles. The van der Waals surface area contributed by atoms with Gasteiger partial charge >= 0.3 is 5.97 Å². The smallest absolute Gasteiger partial charge is 0.303 e. The highest BCUT2D eigenvalue weighted by Gasteiger charge is 2.49. The summed E-state index contributed by atoms with van der Waals surface area (Å²) in [6, 6.07) is 14.8. The molecule has 11 heteroatoms. The van der Waals surface area contributed by atoms with Crippen molar-refractivity contribution in [2.24, 2.45) is 0 Å². The molecule has 0 unspecified atom stereocenters. The molecule has 1 saturated heterocycles. The predicted octanol–water partition coefficient (Wildman–Crippen LogP) is 2.51. The number of carbonyl (C=O) groups is 3. The predicted molar refractivity (Wildman–Crippen MR) is 144 cm³/mol. The first kappa shape index (κ1) is 24.7. The highest BCUT2D eigenvalue weighted by molar-refractivity contribution is 6.39. The van der Waals surface area contributed by atoms with E-state index in [2.05, 4.69) is 10.3 Å². The molecule has 2 aliphatic heterocycles. The minimum Gasteiger partial charge on any atom is -0.455 e. The molecule has 0 spiro atoms. The van der Waals surface area contributed by atoms with Crippen molar-refractivity contribution in [3.63, 3.8) is 0 Å². The van der Waals surface area contributed by atoms with E-state index >= 15 is 0 Å². The van der Waals surface area contributed by atoms with Crippen molar-refractivity contribution in [2.75, 3.05) is 13.7 Å². The van der Waals surface area contributed by atoms with Crippen LogP contribution in [-0.2, 0) is 19.0 Å².